The van der Waals surface area contributed by atoms with E-state index in [1.54, 1.807) is 12.4 Å². The Morgan fingerprint density at radius 1 is 1.33 bits per heavy atom. The van der Waals surface area contributed by atoms with Gasteiger partial charge in [-0.1, -0.05) is 19.3 Å². The fraction of sp³-hybridized carbons (Fsp3) is 0.615. The SMILES string of the molecule is Cc1nccnc1NC1(CC(=O)O)CCCCC1. The molecule has 0 radical (unpaired) electrons. The second kappa shape index (κ2) is 5.33. The van der Waals surface area contributed by atoms with Crippen LogP contribution in [0.3, 0.4) is 0 Å². The van der Waals surface area contributed by atoms with E-state index in [2.05, 4.69) is 15.3 Å². The second-order valence-corrected chi connectivity index (χ2v) is 5.03. The fourth-order valence-electron chi connectivity index (χ4n) is 2.65. The van der Waals surface area contributed by atoms with Gasteiger partial charge in [0.2, 0.25) is 0 Å². The quantitative estimate of drug-likeness (QED) is 0.856. The number of hydrogen-bond donors (Lipinski definition) is 2. The third-order valence-electron chi connectivity index (χ3n) is 3.57. The van der Waals surface area contributed by atoms with Gasteiger partial charge < -0.3 is 10.4 Å². The van der Waals surface area contributed by atoms with Crippen molar-refractivity contribution in [3.05, 3.63) is 18.1 Å². The van der Waals surface area contributed by atoms with Crippen LogP contribution in [0, 0.1) is 6.92 Å². The molecule has 0 unspecified atom stereocenters. The third kappa shape index (κ3) is 2.97. The third-order valence-corrected chi connectivity index (χ3v) is 3.57. The zero-order valence-electron chi connectivity index (χ0n) is 10.6. The molecule has 0 spiro atoms. The standard InChI is InChI=1S/C13H19N3O2/c1-10-12(15-8-7-14-10)16-13(9-11(17)18)5-3-2-4-6-13/h7-8H,2-6,9H2,1H3,(H,15,16)(H,17,18). The van der Waals surface area contributed by atoms with E-state index in [-0.39, 0.29) is 12.0 Å². The molecule has 98 valence electrons. The molecule has 0 aromatic carbocycles. The maximum atomic E-state index is 11.1. The maximum Gasteiger partial charge on any atom is 0.305 e. The number of carbonyl (C=O) groups is 1. The molecular formula is C13H19N3O2. The van der Waals surface area contributed by atoms with Crippen molar-refractivity contribution in [3.63, 3.8) is 0 Å². The molecule has 5 heteroatoms. The maximum absolute atomic E-state index is 11.1. The predicted octanol–water partition coefficient (Wildman–Crippen LogP) is 2.37. The summed E-state index contributed by atoms with van der Waals surface area (Å²) in [4.78, 5) is 19.5. The highest BCUT2D eigenvalue weighted by Gasteiger charge is 2.35. The lowest BCUT2D eigenvalue weighted by Gasteiger charge is -2.37. The largest absolute Gasteiger partial charge is 0.481 e. The summed E-state index contributed by atoms with van der Waals surface area (Å²) in [6.07, 6.45) is 8.51. The van der Waals surface area contributed by atoms with Gasteiger partial charge in [-0.3, -0.25) is 9.78 Å². The number of aromatic nitrogens is 2. The van der Waals surface area contributed by atoms with Crippen LogP contribution in [0.1, 0.15) is 44.2 Å². The molecule has 2 rings (SSSR count). The first-order valence-corrected chi connectivity index (χ1v) is 6.39. The van der Waals surface area contributed by atoms with E-state index in [0.29, 0.717) is 5.82 Å². The first-order valence-electron chi connectivity index (χ1n) is 6.39. The normalized spacial score (nSPS) is 18.3. The molecule has 18 heavy (non-hydrogen) atoms. The average Bonchev–Trinajstić information content (AvgIpc) is 2.32. The number of anilines is 1. The summed E-state index contributed by atoms with van der Waals surface area (Å²) in [5, 5.41) is 12.4. The van der Waals surface area contributed by atoms with Gasteiger partial charge in [0.25, 0.3) is 0 Å². The van der Waals surface area contributed by atoms with Gasteiger partial charge in [0.05, 0.1) is 12.1 Å². The first kappa shape index (κ1) is 12.8. The summed E-state index contributed by atoms with van der Waals surface area (Å²) < 4.78 is 0. The minimum atomic E-state index is -0.758. The molecule has 0 amide bonds. The van der Waals surface area contributed by atoms with Crippen molar-refractivity contribution in [2.45, 2.75) is 51.0 Å². The minimum absolute atomic E-state index is 0.142. The minimum Gasteiger partial charge on any atom is -0.481 e. The number of aliphatic carboxylic acids is 1. The van der Waals surface area contributed by atoms with Gasteiger partial charge in [-0.15, -0.1) is 0 Å². The molecule has 1 aliphatic carbocycles. The number of rotatable bonds is 4. The highest BCUT2D eigenvalue weighted by molar-refractivity contribution is 5.69. The Hall–Kier alpha value is -1.65. The molecule has 1 aromatic heterocycles. The topological polar surface area (TPSA) is 75.1 Å². The Morgan fingerprint density at radius 3 is 2.61 bits per heavy atom. The molecule has 5 nitrogen and oxygen atoms in total. The van der Waals surface area contributed by atoms with Crippen molar-refractivity contribution in [2.75, 3.05) is 5.32 Å². The van der Waals surface area contributed by atoms with Crippen molar-refractivity contribution in [3.8, 4) is 0 Å². The molecule has 0 aliphatic heterocycles. The number of nitrogens with zero attached hydrogens (tertiary/aromatic N) is 2. The molecule has 1 saturated carbocycles. The van der Waals surface area contributed by atoms with E-state index in [1.807, 2.05) is 6.92 Å². The zero-order valence-corrected chi connectivity index (χ0v) is 10.6. The number of carboxylic acids is 1. The molecule has 0 bridgehead atoms. The second-order valence-electron chi connectivity index (χ2n) is 5.03. The van der Waals surface area contributed by atoms with Crippen LogP contribution in [0.2, 0.25) is 0 Å². The Labute approximate surface area is 107 Å². The molecule has 1 aromatic rings. The zero-order chi connectivity index (χ0) is 13.0. The highest BCUT2D eigenvalue weighted by Crippen LogP contribution is 2.34. The first-order chi connectivity index (χ1) is 8.61. The molecule has 1 heterocycles. The van der Waals surface area contributed by atoms with Gasteiger partial charge in [-0.2, -0.15) is 0 Å². The molecule has 0 saturated heterocycles. The predicted molar refractivity (Wildman–Crippen MR) is 68.5 cm³/mol. The molecule has 1 fully saturated rings. The van der Waals surface area contributed by atoms with Crippen LogP contribution in [0.15, 0.2) is 12.4 Å². The van der Waals surface area contributed by atoms with Crippen LogP contribution in [-0.2, 0) is 4.79 Å². The summed E-state index contributed by atoms with van der Waals surface area (Å²) in [6, 6.07) is 0. The summed E-state index contributed by atoms with van der Waals surface area (Å²) >= 11 is 0. The lowest BCUT2D eigenvalue weighted by molar-refractivity contribution is -0.138. The molecule has 0 atom stereocenters. The Bertz CT molecular complexity index is 428. The van der Waals surface area contributed by atoms with E-state index in [9.17, 15) is 4.79 Å². The average molecular weight is 249 g/mol. The Morgan fingerprint density at radius 2 is 2.00 bits per heavy atom. The van der Waals surface area contributed by atoms with E-state index in [0.717, 1.165) is 31.4 Å². The van der Waals surface area contributed by atoms with Crippen LogP contribution in [0.4, 0.5) is 5.82 Å². The number of carboxylic acid groups (broad SMARTS) is 1. The molecule has 2 N–H and O–H groups in total. The number of aryl methyl sites for hydroxylation is 1. The van der Waals surface area contributed by atoms with Gasteiger partial charge >= 0.3 is 5.97 Å². The Kier molecular flexibility index (Phi) is 3.79. The lowest BCUT2D eigenvalue weighted by atomic mass is 9.79. The smallest absolute Gasteiger partial charge is 0.305 e. The van der Waals surface area contributed by atoms with Gasteiger partial charge in [0.1, 0.15) is 5.82 Å². The highest BCUT2D eigenvalue weighted by atomic mass is 16.4. The van der Waals surface area contributed by atoms with Crippen LogP contribution in [0.25, 0.3) is 0 Å². The van der Waals surface area contributed by atoms with Crippen molar-refractivity contribution in [1.29, 1.82) is 0 Å². The lowest BCUT2D eigenvalue weighted by Crippen LogP contribution is -2.42. The van der Waals surface area contributed by atoms with E-state index in [1.165, 1.54) is 6.42 Å². The van der Waals surface area contributed by atoms with Crippen molar-refractivity contribution in [2.24, 2.45) is 0 Å². The number of hydrogen-bond acceptors (Lipinski definition) is 4. The monoisotopic (exact) mass is 249 g/mol. The van der Waals surface area contributed by atoms with E-state index < -0.39 is 5.97 Å². The van der Waals surface area contributed by atoms with E-state index in [4.69, 9.17) is 5.11 Å². The van der Waals surface area contributed by atoms with Crippen LogP contribution in [-0.4, -0.2) is 26.6 Å². The Balaban J connectivity index is 2.19. The van der Waals surface area contributed by atoms with Gasteiger partial charge in [0.15, 0.2) is 0 Å². The summed E-state index contributed by atoms with van der Waals surface area (Å²) in [7, 11) is 0. The summed E-state index contributed by atoms with van der Waals surface area (Å²) in [6.45, 7) is 1.88. The van der Waals surface area contributed by atoms with Crippen molar-refractivity contribution >= 4 is 11.8 Å². The van der Waals surface area contributed by atoms with E-state index >= 15 is 0 Å². The van der Waals surface area contributed by atoms with Crippen molar-refractivity contribution in [1.82, 2.24) is 9.97 Å². The van der Waals surface area contributed by atoms with Crippen molar-refractivity contribution < 1.29 is 9.90 Å². The number of nitrogens with one attached hydrogen (secondary N) is 1. The summed E-state index contributed by atoms with van der Waals surface area (Å²) in [5.74, 6) is -0.0495. The summed E-state index contributed by atoms with van der Waals surface area (Å²) in [5.41, 5.74) is 0.457. The van der Waals surface area contributed by atoms with Crippen LogP contribution in [0.5, 0.6) is 0 Å². The fourth-order valence-corrected chi connectivity index (χ4v) is 2.65. The van der Waals surface area contributed by atoms with Crippen LogP contribution >= 0.6 is 0 Å². The molecular weight excluding hydrogens is 230 g/mol. The van der Waals surface area contributed by atoms with Gasteiger partial charge in [-0.05, 0) is 19.8 Å². The molecule has 1 aliphatic rings. The van der Waals surface area contributed by atoms with Gasteiger partial charge in [-0.25, -0.2) is 4.98 Å². The van der Waals surface area contributed by atoms with Gasteiger partial charge in [0, 0.05) is 17.9 Å². The van der Waals surface area contributed by atoms with Crippen LogP contribution < -0.4 is 5.32 Å².